The fourth-order valence-corrected chi connectivity index (χ4v) is 0. The summed E-state index contributed by atoms with van der Waals surface area (Å²) in [6.07, 6.45) is 1.61. The first kappa shape index (κ1) is 15.6. The van der Waals surface area contributed by atoms with Crippen molar-refractivity contribution in [3.05, 3.63) is 6.15 Å². The predicted octanol–water partition coefficient (Wildman–Crippen LogP) is 0.330. The minimum absolute atomic E-state index is 0. The monoisotopic (exact) mass is 177 g/mol. The summed E-state index contributed by atoms with van der Waals surface area (Å²) in [5.74, 6) is 0. The number of amides is 1. The van der Waals surface area contributed by atoms with Crippen LogP contribution in [0.15, 0.2) is 0 Å². The number of carbonyl (C=O) groups excluding carboxylic acids is 1. The average molecular weight is 177 g/mol. The molecule has 4 heteroatoms. The van der Waals surface area contributed by atoms with Crippen LogP contribution < -0.4 is 0 Å². The van der Waals surface area contributed by atoms with E-state index in [1.165, 1.54) is 4.90 Å². The van der Waals surface area contributed by atoms with Gasteiger partial charge in [-0.15, -0.1) is 0 Å². The molecular weight excluding hydrogens is 169 g/mol. The van der Waals surface area contributed by atoms with E-state index in [-0.39, 0.29) is 38.9 Å². The SMILES string of the molecule is CN(C)[C-]=O.[NH2-].[Y+3]. The maximum Gasteiger partial charge on any atom is 3.00 e. The molecule has 7 heavy (non-hydrogen) atoms. The molecule has 0 aliphatic rings. The third kappa shape index (κ3) is 20.9. The molecule has 0 fully saturated rings. The van der Waals surface area contributed by atoms with Gasteiger partial charge in [-0.05, 0) is 14.1 Å². The van der Waals surface area contributed by atoms with E-state index in [4.69, 9.17) is 0 Å². The van der Waals surface area contributed by atoms with E-state index in [1.807, 2.05) is 0 Å². The second-order valence-corrected chi connectivity index (χ2v) is 0.986. The molecule has 0 aliphatic heterocycles. The molecule has 0 saturated heterocycles. The van der Waals surface area contributed by atoms with Crippen molar-refractivity contribution in [2.24, 2.45) is 0 Å². The van der Waals surface area contributed by atoms with Gasteiger partial charge in [0.05, 0.1) is 0 Å². The van der Waals surface area contributed by atoms with Crippen LogP contribution in [0.4, 0.5) is 0 Å². The van der Waals surface area contributed by atoms with Gasteiger partial charge in [0.1, 0.15) is 0 Å². The largest absolute Gasteiger partial charge is 3.00 e. The number of rotatable bonds is 1. The fourth-order valence-electron chi connectivity index (χ4n) is 0. The Hall–Kier alpha value is 0.534. The van der Waals surface area contributed by atoms with Crippen molar-refractivity contribution in [3.63, 3.8) is 0 Å². The standard InChI is InChI=1S/C3H6NO.H2N.Y/c1-4(2)3-5;;/h1-2H3;1H2;/q2*-1;+3. The molecule has 0 rings (SSSR count). The third-order valence-corrected chi connectivity index (χ3v) is 0.183. The molecule has 0 aromatic carbocycles. The molecule has 0 spiro atoms. The summed E-state index contributed by atoms with van der Waals surface area (Å²) in [6.45, 7) is 0. The van der Waals surface area contributed by atoms with Crippen LogP contribution in [-0.4, -0.2) is 25.4 Å². The van der Waals surface area contributed by atoms with Crippen molar-refractivity contribution in [2.45, 2.75) is 0 Å². The van der Waals surface area contributed by atoms with Gasteiger partial charge in [0.25, 0.3) is 0 Å². The number of hydrogen-bond donors (Lipinski definition) is 0. The van der Waals surface area contributed by atoms with Crippen LogP contribution in [0, 0.1) is 0 Å². The van der Waals surface area contributed by atoms with Crippen LogP contribution in [0.5, 0.6) is 0 Å². The van der Waals surface area contributed by atoms with Crippen molar-refractivity contribution in [3.8, 4) is 0 Å². The Morgan fingerprint density at radius 1 is 1.43 bits per heavy atom. The molecule has 1 amide bonds. The molecule has 3 nitrogen and oxygen atoms in total. The molecule has 38 valence electrons. The normalized spacial score (nSPS) is 4.86. The zero-order valence-corrected chi connectivity index (χ0v) is 7.35. The molecule has 0 aromatic heterocycles. The fraction of sp³-hybridized carbons (Fsp3) is 0.667. The number of nitrogens with two attached hydrogens (primary N) is 1. The van der Waals surface area contributed by atoms with E-state index in [2.05, 4.69) is 0 Å². The first-order valence-electron chi connectivity index (χ1n) is 1.32. The minimum Gasteiger partial charge on any atom is -0.693 e. The summed E-state index contributed by atoms with van der Waals surface area (Å²) in [5.41, 5.74) is 0. The molecule has 0 aromatic rings. The summed E-state index contributed by atoms with van der Waals surface area (Å²) in [7, 11) is 3.26. The van der Waals surface area contributed by atoms with Crippen molar-refractivity contribution < 1.29 is 37.5 Å². The molecule has 0 aliphatic carbocycles. The Morgan fingerprint density at radius 2 is 1.57 bits per heavy atom. The van der Waals surface area contributed by atoms with Gasteiger partial charge in [-0.3, -0.25) is 0 Å². The number of nitrogens with zero attached hydrogens (tertiary/aromatic N) is 1. The molecule has 0 atom stereocenters. The van der Waals surface area contributed by atoms with Crippen LogP contribution >= 0.6 is 0 Å². The quantitative estimate of drug-likeness (QED) is 0.420. The molecule has 0 unspecified atom stereocenters. The first-order chi connectivity index (χ1) is 2.27. The van der Waals surface area contributed by atoms with Gasteiger partial charge >= 0.3 is 32.7 Å². The third-order valence-electron chi connectivity index (χ3n) is 0.183. The van der Waals surface area contributed by atoms with Crippen LogP contribution in [0.25, 0.3) is 6.15 Å². The van der Waals surface area contributed by atoms with Gasteiger partial charge < -0.3 is 15.8 Å². The van der Waals surface area contributed by atoms with Gasteiger partial charge in [-0.25, -0.2) is 0 Å². The summed E-state index contributed by atoms with van der Waals surface area (Å²) >= 11 is 0. The van der Waals surface area contributed by atoms with Crippen molar-refractivity contribution in [1.29, 1.82) is 0 Å². The molecule has 0 saturated carbocycles. The second-order valence-electron chi connectivity index (χ2n) is 0.986. The van der Waals surface area contributed by atoms with Gasteiger partial charge in [-0.1, -0.05) is 0 Å². The van der Waals surface area contributed by atoms with E-state index >= 15 is 0 Å². The molecular formula is C3H8N2OY+. The maximum absolute atomic E-state index is 9.31. The summed E-state index contributed by atoms with van der Waals surface area (Å²) in [5, 5.41) is 0. The molecule has 2 N–H and O–H groups in total. The van der Waals surface area contributed by atoms with Crippen molar-refractivity contribution in [2.75, 3.05) is 14.1 Å². The van der Waals surface area contributed by atoms with E-state index in [0.717, 1.165) is 0 Å². The average Bonchev–Trinajstić information content (AvgIpc) is 1.38. The van der Waals surface area contributed by atoms with E-state index < -0.39 is 0 Å². The van der Waals surface area contributed by atoms with Crippen LogP contribution in [0.1, 0.15) is 0 Å². The Balaban J connectivity index is -0.0000000800. The molecule has 0 bridgehead atoms. The van der Waals surface area contributed by atoms with Gasteiger partial charge in [0.2, 0.25) is 0 Å². The Morgan fingerprint density at radius 3 is 1.57 bits per heavy atom. The summed E-state index contributed by atoms with van der Waals surface area (Å²) < 4.78 is 0. The van der Waals surface area contributed by atoms with Crippen molar-refractivity contribution in [1.82, 2.24) is 4.90 Å². The van der Waals surface area contributed by atoms with E-state index in [9.17, 15) is 4.79 Å². The van der Waals surface area contributed by atoms with Gasteiger partial charge in [0, 0.05) is 0 Å². The first-order valence-corrected chi connectivity index (χ1v) is 1.32. The smallest absolute Gasteiger partial charge is 0.693 e. The number of hydrogen-bond acceptors (Lipinski definition) is 1. The van der Waals surface area contributed by atoms with E-state index in [0.29, 0.717) is 0 Å². The van der Waals surface area contributed by atoms with E-state index in [1.54, 1.807) is 20.5 Å². The van der Waals surface area contributed by atoms with Crippen LogP contribution in [-0.2, 0) is 37.5 Å². The summed E-state index contributed by atoms with van der Waals surface area (Å²) in [6, 6.07) is 0. The van der Waals surface area contributed by atoms with Gasteiger partial charge in [-0.2, -0.15) is 6.41 Å². The Labute approximate surface area is 68.9 Å². The molecule has 0 heterocycles. The van der Waals surface area contributed by atoms with Gasteiger partial charge in [0.15, 0.2) is 0 Å². The predicted molar refractivity (Wildman–Crippen MR) is 24.7 cm³/mol. The second kappa shape index (κ2) is 9.73. The van der Waals surface area contributed by atoms with Crippen LogP contribution in [0.3, 0.4) is 0 Å². The topological polar surface area (TPSA) is 53.8 Å². The maximum atomic E-state index is 9.31. The minimum atomic E-state index is 0. The summed E-state index contributed by atoms with van der Waals surface area (Å²) in [4.78, 5) is 10.6. The Kier molecular flexibility index (Phi) is 21.8. The zero-order valence-electron chi connectivity index (χ0n) is 4.51. The van der Waals surface area contributed by atoms with Crippen molar-refractivity contribution >= 4 is 6.41 Å². The zero-order chi connectivity index (χ0) is 4.28. The molecule has 0 radical (unpaired) electrons. The van der Waals surface area contributed by atoms with Crippen LogP contribution in [0.2, 0.25) is 0 Å². The Bertz CT molecular complexity index is 39.9.